The second kappa shape index (κ2) is 6.17. The predicted octanol–water partition coefficient (Wildman–Crippen LogP) is 1.82. The standard InChI is InChI=1S/C11H21NO2/c1-13-11(14-2)10(12)9-7-5-3-4-6-8-9/h7,10-11H,3-6,8,12H2,1-2H3. The molecule has 1 rings (SSSR count). The van der Waals surface area contributed by atoms with Crippen LogP contribution in [-0.2, 0) is 9.47 Å². The molecule has 1 unspecified atom stereocenters. The van der Waals surface area contributed by atoms with Gasteiger partial charge in [-0.25, -0.2) is 0 Å². The molecule has 0 saturated carbocycles. The Kier molecular flexibility index (Phi) is 5.15. The summed E-state index contributed by atoms with van der Waals surface area (Å²) in [6.45, 7) is 0. The van der Waals surface area contributed by atoms with Crippen LogP contribution in [0.2, 0.25) is 0 Å². The van der Waals surface area contributed by atoms with Crippen molar-refractivity contribution in [1.29, 1.82) is 0 Å². The minimum absolute atomic E-state index is 0.108. The fourth-order valence-electron chi connectivity index (χ4n) is 1.91. The Morgan fingerprint density at radius 2 is 1.93 bits per heavy atom. The van der Waals surface area contributed by atoms with E-state index in [1.54, 1.807) is 14.2 Å². The zero-order valence-electron chi connectivity index (χ0n) is 9.16. The minimum atomic E-state index is -0.306. The Morgan fingerprint density at radius 1 is 1.21 bits per heavy atom. The van der Waals surface area contributed by atoms with Gasteiger partial charge in [0.1, 0.15) is 0 Å². The first kappa shape index (κ1) is 11.7. The molecule has 1 aliphatic rings. The normalized spacial score (nSPS) is 20.4. The van der Waals surface area contributed by atoms with Gasteiger partial charge in [-0.15, -0.1) is 0 Å². The second-order valence-electron chi connectivity index (χ2n) is 3.74. The van der Waals surface area contributed by atoms with Crippen LogP contribution in [0.3, 0.4) is 0 Å². The Morgan fingerprint density at radius 3 is 2.57 bits per heavy atom. The Bertz CT molecular complexity index is 188. The number of allylic oxidation sites excluding steroid dienone is 1. The minimum Gasteiger partial charge on any atom is -0.354 e. The van der Waals surface area contributed by atoms with E-state index in [2.05, 4.69) is 6.08 Å². The molecular formula is C11H21NO2. The number of hydrogen-bond acceptors (Lipinski definition) is 3. The lowest BCUT2D eigenvalue weighted by Gasteiger charge is -2.23. The van der Waals surface area contributed by atoms with Crippen LogP contribution in [0.1, 0.15) is 32.1 Å². The van der Waals surface area contributed by atoms with Crippen LogP contribution in [-0.4, -0.2) is 26.6 Å². The largest absolute Gasteiger partial charge is 0.354 e. The van der Waals surface area contributed by atoms with Gasteiger partial charge in [0.2, 0.25) is 0 Å². The third-order valence-corrected chi connectivity index (χ3v) is 2.76. The fourth-order valence-corrected chi connectivity index (χ4v) is 1.91. The van der Waals surface area contributed by atoms with Crippen molar-refractivity contribution in [1.82, 2.24) is 0 Å². The Balaban J connectivity index is 2.56. The summed E-state index contributed by atoms with van der Waals surface area (Å²) in [5.41, 5.74) is 7.35. The smallest absolute Gasteiger partial charge is 0.175 e. The summed E-state index contributed by atoms with van der Waals surface area (Å²) in [7, 11) is 3.26. The summed E-state index contributed by atoms with van der Waals surface area (Å²) in [5, 5.41) is 0. The highest BCUT2D eigenvalue weighted by atomic mass is 16.7. The molecule has 0 aliphatic heterocycles. The molecule has 0 spiro atoms. The summed E-state index contributed by atoms with van der Waals surface area (Å²) < 4.78 is 10.3. The highest BCUT2D eigenvalue weighted by Gasteiger charge is 2.20. The van der Waals surface area contributed by atoms with E-state index < -0.39 is 0 Å². The van der Waals surface area contributed by atoms with Gasteiger partial charge in [0.05, 0.1) is 6.04 Å². The van der Waals surface area contributed by atoms with Crippen LogP contribution in [0.25, 0.3) is 0 Å². The molecule has 0 saturated heterocycles. The molecule has 0 amide bonds. The number of hydrogen-bond donors (Lipinski definition) is 1. The van der Waals surface area contributed by atoms with Crippen molar-refractivity contribution in [2.75, 3.05) is 14.2 Å². The summed E-state index contributed by atoms with van der Waals surface area (Å²) in [6, 6.07) is -0.108. The van der Waals surface area contributed by atoms with Crippen LogP contribution in [0.15, 0.2) is 11.6 Å². The summed E-state index contributed by atoms with van der Waals surface area (Å²) in [6.07, 6.45) is 7.99. The number of nitrogens with two attached hydrogens (primary N) is 1. The van der Waals surface area contributed by atoms with Crippen LogP contribution in [0.5, 0.6) is 0 Å². The van der Waals surface area contributed by atoms with Crippen LogP contribution in [0, 0.1) is 0 Å². The van der Waals surface area contributed by atoms with E-state index in [1.807, 2.05) is 0 Å². The van der Waals surface area contributed by atoms with E-state index in [-0.39, 0.29) is 12.3 Å². The van der Waals surface area contributed by atoms with E-state index in [9.17, 15) is 0 Å². The average Bonchev–Trinajstić information content (AvgIpc) is 2.47. The zero-order valence-corrected chi connectivity index (χ0v) is 9.16. The van der Waals surface area contributed by atoms with E-state index in [0.29, 0.717) is 0 Å². The molecule has 0 bridgehead atoms. The molecule has 2 N–H and O–H groups in total. The molecule has 1 atom stereocenters. The van der Waals surface area contributed by atoms with E-state index >= 15 is 0 Å². The first-order valence-corrected chi connectivity index (χ1v) is 5.29. The SMILES string of the molecule is COC(OC)C(N)C1=CCCCCC1. The van der Waals surface area contributed by atoms with Crippen LogP contribution >= 0.6 is 0 Å². The molecular weight excluding hydrogens is 178 g/mol. The summed E-state index contributed by atoms with van der Waals surface area (Å²) >= 11 is 0. The van der Waals surface area contributed by atoms with Gasteiger partial charge in [0, 0.05) is 14.2 Å². The highest BCUT2D eigenvalue weighted by molar-refractivity contribution is 5.12. The number of rotatable bonds is 4. The van der Waals surface area contributed by atoms with Gasteiger partial charge in [-0.1, -0.05) is 18.1 Å². The Hall–Kier alpha value is -0.380. The molecule has 3 nitrogen and oxygen atoms in total. The van der Waals surface area contributed by atoms with Crippen molar-refractivity contribution in [3.8, 4) is 0 Å². The van der Waals surface area contributed by atoms with E-state index in [1.165, 1.54) is 24.8 Å². The monoisotopic (exact) mass is 199 g/mol. The molecule has 3 heteroatoms. The molecule has 14 heavy (non-hydrogen) atoms. The van der Waals surface area contributed by atoms with Crippen molar-refractivity contribution in [2.45, 2.75) is 44.4 Å². The fraction of sp³-hybridized carbons (Fsp3) is 0.818. The van der Waals surface area contributed by atoms with Gasteiger partial charge in [-0.3, -0.25) is 0 Å². The molecule has 0 aromatic carbocycles. The van der Waals surface area contributed by atoms with Crippen LogP contribution in [0.4, 0.5) is 0 Å². The molecule has 82 valence electrons. The molecule has 0 aromatic rings. The van der Waals surface area contributed by atoms with Crippen molar-refractivity contribution in [3.05, 3.63) is 11.6 Å². The molecule has 0 heterocycles. The maximum Gasteiger partial charge on any atom is 0.175 e. The van der Waals surface area contributed by atoms with Gasteiger partial charge < -0.3 is 15.2 Å². The quantitative estimate of drug-likeness (QED) is 0.555. The molecule has 0 radical (unpaired) electrons. The maximum absolute atomic E-state index is 6.06. The average molecular weight is 199 g/mol. The van der Waals surface area contributed by atoms with E-state index in [4.69, 9.17) is 15.2 Å². The topological polar surface area (TPSA) is 44.5 Å². The van der Waals surface area contributed by atoms with Crippen molar-refractivity contribution in [2.24, 2.45) is 5.73 Å². The van der Waals surface area contributed by atoms with Gasteiger partial charge >= 0.3 is 0 Å². The van der Waals surface area contributed by atoms with Gasteiger partial charge in [0.15, 0.2) is 6.29 Å². The lowest BCUT2D eigenvalue weighted by atomic mass is 10.0. The first-order chi connectivity index (χ1) is 6.79. The lowest BCUT2D eigenvalue weighted by Crippen LogP contribution is -2.39. The summed E-state index contributed by atoms with van der Waals surface area (Å²) in [4.78, 5) is 0. The summed E-state index contributed by atoms with van der Waals surface area (Å²) in [5.74, 6) is 0. The van der Waals surface area contributed by atoms with Crippen molar-refractivity contribution in [3.63, 3.8) is 0 Å². The maximum atomic E-state index is 6.06. The van der Waals surface area contributed by atoms with E-state index in [0.717, 1.165) is 12.8 Å². The third-order valence-electron chi connectivity index (χ3n) is 2.76. The van der Waals surface area contributed by atoms with Crippen molar-refractivity contribution < 1.29 is 9.47 Å². The highest BCUT2D eigenvalue weighted by Crippen LogP contribution is 2.21. The second-order valence-corrected chi connectivity index (χ2v) is 3.74. The number of ether oxygens (including phenoxy) is 2. The van der Waals surface area contributed by atoms with Crippen molar-refractivity contribution >= 4 is 0 Å². The van der Waals surface area contributed by atoms with Gasteiger partial charge in [-0.2, -0.15) is 0 Å². The van der Waals surface area contributed by atoms with Gasteiger partial charge in [0.25, 0.3) is 0 Å². The molecule has 1 aliphatic carbocycles. The first-order valence-electron chi connectivity index (χ1n) is 5.29. The number of methoxy groups -OCH3 is 2. The Labute approximate surface area is 86.3 Å². The molecule has 0 fully saturated rings. The third kappa shape index (κ3) is 3.08. The molecule has 0 aromatic heterocycles. The zero-order chi connectivity index (χ0) is 10.4. The van der Waals surface area contributed by atoms with Gasteiger partial charge in [-0.05, 0) is 25.7 Å². The lowest BCUT2D eigenvalue weighted by molar-refractivity contribution is -0.110. The van der Waals surface area contributed by atoms with Crippen LogP contribution < -0.4 is 5.73 Å². The predicted molar refractivity (Wildman–Crippen MR) is 56.9 cm³/mol.